The van der Waals surface area contributed by atoms with E-state index in [0.717, 1.165) is 11.6 Å². The first-order valence-electron chi connectivity index (χ1n) is 5.56. The summed E-state index contributed by atoms with van der Waals surface area (Å²) in [5, 5.41) is 3.25. The van der Waals surface area contributed by atoms with Crippen LogP contribution in [-0.2, 0) is 0 Å². The molecule has 5 nitrogen and oxygen atoms in total. The van der Waals surface area contributed by atoms with Gasteiger partial charge in [-0.15, -0.1) is 0 Å². The maximum Gasteiger partial charge on any atom is 0.134 e. The maximum atomic E-state index is 5.63. The fraction of sp³-hybridized carbons (Fsp3) is 0.636. The van der Waals surface area contributed by atoms with Crippen LogP contribution in [0.4, 0.5) is 11.6 Å². The molecule has 0 aliphatic heterocycles. The van der Waals surface area contributed by atoms with Crippen LogP contribution in [0.3, 0.4) is 0 Å². The van der Waals surface area contributed by atoms with Gasteiger partial charge in [0.25, 0.3) is 0 Å². The quantitative estimate of drug-likeness (QED) is 0.782. The van der Waals surface area contributed by atoms with Crippen LogP contribution in [0.5, 0.6) is 0 Å². The Labute approximate surface area is 97.1 Å². The lowest BCUT2D eigenvalue weighted by molar-refractivity contribution is 0.686. The van der Waals surface area contributed by atoms with Crippen molar-refractivity contribution in [3.8, 4) is 0 Å². The van der Waals surface area contributed by atoms with Gasteiger partial charge in [0, 0.05) is 31.7 Å². The van der Waals surface area contributed by atoms with E-state index in [1.807, 2.05) is 18.0 Å². The molecule has 3 N–H and O–H groups in total. The summed E-state index contributed by atoms with van der Waals surface area (Å²) in [5.41, 5.74) is 5.63. The van der Waals surface area contributed by atoms with Crippen molar-refractivity contribution in [2.45, 2.75) is 32.9 Å². The predicted molar refractivity (Wildman–Crippen MR) is 67.7 cm³/mol. The molecular formula is C11H21N5. The molecule has 0 amide bonds. The van der Waals surface area contributed by atoms with E-state index < -0.39 is 0 Å². The van der Waals surface area contributed by atoms with Crippen molar-refractivity contribution < 1.29 is 0 Å². The maximum absolute atomic E-state index is 5.63. The number of likely N-dealkylation sites (N-methyl/N-ethyl adjacent to an activating group) is 1. The lowest BCUT2D eigenvalue weighted by Gasteiger charge is -2.24. The second-order valence-corrected chi connectivity index (χ2v) is 4.26. The average Bonchev–Trinajstić information content (AvgIpc) is 2.26. The van der Waals surface area contributed by atoms with Gasteiger partial charge in [-0.2, -0.15) is 0 Å². The van der Waals surface area contributed by atoms with E-state index >= 15 is 0 Å². The molecule has 0 spiro atoms. The van der Waals surface area contributed by atoms with Crippen LogP contribution in [0.2, 0.25) is 0 Å². The topological polar surface area (TPSA) is 67.1 Å². The normalized spacial score (nSPS) is 12.6. The highest BCUT2D eigenvalue weighted by molar-refractivity contribution is 5.48. The monoisotopic (exact) mass is 223 g/mol. The molecule has 0 aromatic carbocycles. The van der Waals surface area contributed by atoms with Gasteiger partial charge in [0.2, 0.25) is 0 Å². The van der Waals surface area contributed by atoms with E-state index in [1.165, 1.54) is 0 Å². The van der Waals surface area contributed by atoms with Crippen LogP contribution in [-0.4, -0.2) is 35.6 Å². The highest BCUT2D eigenvalue weighted by Crippen LogP contribution is 2.15. The molecule has 0 saturated carbocycles. The SMILES string of the molecule is CC(C)Nc1cc(N(C)C(C)CN)ncn1. The van der Waals surface area contributed by atoms with E-state index in [9.17, 15) is 0 Å². The third-order valence-electron chi connectivity index (χ3n) is 2.45. The molecule has 0 fully saturated rings. The van der Waals surface area contributed by atoms with E-state index in [0.29, 0.717) is 12.6 Å². The number of rotatable bonds is 5. The molecule has 1 rings (SSSR count). The molecule has 5 heteroatoms. The second-order valence-electron chi connectivity index (χ2n) is 4.26. The zero-order chi connectivity index (χ0) is 12.1. The van der Waals surface area contributed by atoms with Crippen molar-refractivity contribution in [3.63, 3.8) is 0 Å². The van der Waals surface area contributed by atoms with E-state index in [-0.39, 0.29) is 6.04 Å². The molecule has 90 valence electrons. The fourth-order valence-electron chi connectivity index (χ4n) is 1.30. The Morgan fingerprint density at radius 1 is 1.38 bits per heavy atom. The minimum absolute atomic E-state index is 0.266. The zero-order valence-corrected chi connectivity index (χ0v) is 10.4. The van der Waals surface area contributed by atoms with Crippen molar-refractivity contribution >= 4 is 11.6 Å². The second kappa shape index (κ2) is 5.65. The Bertz CT molecular complexity index is 326. The van der Waals surface area contributed by atoms with Crippen molar-refractivity contribution in [2.75, 3.05) is 23.8 Å². The molecule has 0 aliphatic rings. The third-order valence-corrected chi connectivity index (χ3v) is 2.45. The van der Waals surface area contributed by atoms with Gasteiger partial charge in [0.05, 0.1) is 0 Å². The van der Waals surface area contributed by atoms with E-state index in [4.69, 9.17) is 5.73 Å². The van der Waals surface area contributed by atoms with E-state index in [1.54, 1.807) is 6.33 Å². The summed E-state index contributed by atoms with van der Waals surface area (Å²) in [7, 11) is 1.99. The Kier molecular flexibility index (Phi) is 4.49. The minimum atomic E-state index is 0.266. The van der Waals surface area contributed by atoms with E-state index in [2.05, 4.69) is 36.1 Å². The number of hydrogen-bond acceptors (Lipinski definition) is 5. The molecule has 16 heavy (non-hydrogen) atoms. The number of aromatic nitrogens is 2. The summed E-state index contributed by atoms with van der Waals surface area (Å²) >= 11 is 0. The van der Waals surface area contributed by atoms with Gasteiger partial charge in [-0.05, 0) is 20.8 Å². The fourth-order valence-corrected chi connectivity index (χ4v) is 1.30. The first-order chi connectivity index (χ1) is 7.54. The van der Waals surface area contributed by atoms with Crippen molar-refractivity contribution in [1.82, 2.24) is 9.97 Å². The van der Waals surface area contributed by atoms with Crippen LogP contribution in [0.15, 0.2) is 12.4 Å². The summed E-state index contributed by atoms with van der Waals surface area (Å²) in [4.78, 5) is 10.5. The van der Waals surface area contributed by atoms with Gasteiger partial charge in [-0.3, -0.25) is 0 Å². The van der Waals surface area contributed by atoms with Crippen LogP contribution < -0.4 is 16.0 Å². The largest absolute Gasteiger partial charge is 0.368 e. The van der Waals surface area contributed by atoms with Crippen molar-refractivity contribution in [3.05, 3.63) is 12.4 Å². The van der Waals surface area contributed by atoms with Crippen molar-refractivity contribution in [2.24, 2.45) is 5.73 Å². The summed E-state index contributed by atoms with van der Waals surface area (Å²) in [6, 6.07) is 2.56. The molecular weight excluding hydrogens is 202 g/mol. The van der Waals surface area contributed by atoms with Gasteiger partial charge < -0.3 is 16.0 Å². The molecule has 1 atom stereocenters. The molecule has 0 aliphatic carbocycles. The molecule has 1 unspecified atom stereocenters. The van der Waals surface area contributed by atoms with Gasteiger partial charge in [-0.25, -0.2) is 9.97 Å². The summed E-state index contributed by atoms with van der Waals surface area (Å²) < 4.78 is 0. The van der Waals surface area contributed by atoms with Gasteiger partial charge in [0.15, 0.2) is 0 Å². The standard InChI is InChI=1S/C11H21N5/c1-8(2)15-10-5-11(14-7-13-10)16(4)9(3)6-12/h5,7-9H,6,12H2,1-4H3,(H,13,14,15). The van der Waals surface area contributed by atoms with Gasteiger partial charge >= 0.3 is 0 Å². The number of anilines is 2. The summed E-state index contributed by atoms with van der Waals surface area (Å²) in [6.45, 7) is 6.83. The van der Waals surface area contributed by atoms with Gasteiger partial charge in [-0.1, -0.05) is 0 Å². The molecule has 1 aromatic rings. The molecule has 1 heterocycles. The lowest BCUT2D eigenvalue weighted by atomic mass is 10.3. The highest BCUT2D eigenvalue weighted by Gasteiger charge is 2.10. The minimum Gasteiger partial charge on any atom is -0.368 e. The highest BCUT2D eigenvalue weighted by atomic mass is 15.2. The number of nitrogens with two attached hydrogens (primary N) is 1. The number of nitrogens with zero attached hydrogens (tertiary/aromatic N) is 3. The Morgan fingerprint density at radius 2 is 2.06 bits per heavy atom. The van der Waals surface area contributed by atoms with Crippen LogP contribution in [0.1, 0.15) is 20.8 Å². The van der Waals surface area contributed by atoms with Crippen LogP contribution >= 0.6 is 0 Å². The van der Waals surface area contributed by atoms with Crippen molar-refractivity contribution in [1.29, 1.82) is 0 Å². The lowest BCUT2D eigenvalue weighted by Crippen LogP contribution is -2.35. The number of hydrogen-bond donors (Lipinski definition) is 2. The summed E-state index contributed by atoms with van der Waals surface area (Å²) in [6.07, 6.45) is 1.57. The Morgan fingerprint density at radius 3 is 2.62 bits per heavy atom. The van der Waals surface area contributed by atoms with Crippen LogP contribution in [0, 0.1) is 0 Å². The van der Waals surface area contributed by atoms with Gasteiger partial charge in [0.1, 0.15) is 18.0 Å². The summed E-state index contributed by atoms with van der Waals surface area (Å²) in [5.74, 6) is 1.73. The Hall–Kier alpha value is -1.36. The molecule has 1 aromatic heterocycles. The van der Waals surface area contributed by atoms with Crippen LogP contribution in [0.25, 0.3) is 0 Å². The average molecular weight is 223 g/mol. The third kappa shape index (κ3) is 3.34. The number of nitrogens with one attached hydrogen (secondary N) is 1. The Balaban J connectivity index is 2.81. The molecule has 0 saturated heterocycles. The predicted octanol–water partition coefficient (Wildman–Crippen LogP) is 1.08. The first kappa shape index (κ1) is 12.7. The first-order valence-corrected chi connectivity index (χ1v) is 5.56. The zero-order valence-electron chi connectivity index (χ0n) is 10.4. The molecule has 0 radical (unpaired) electrons. The molecule has 0 bridgehead atoms. The smallest absolute Gasteiger partial charge is 0.134 e.